The molecule has 0 fully saturated rings. The highest BCUT2D eigenvalue weighted by molar-refractivity contribution is 6.21. The van der Waals surface area contributed by atoms with Crippen molar-refractivity contribution >= 4 is 28.7 Å². The number of fused-ring (bicyclic) bond motifs is 1. The molecule has 1 aromatic carbocycles. The number of hydrogen-bond donors (Lipinski definition) is 1. The first-order chi connectivity index (χ1) is 12.4. The minimum atomic E-state index is -0.493. The Hall–Kier alpha value is -2.87. The van der Waals surface area contributed by atoms with Gasteiger partial charge in [-0.15, -0.1) is 11.6 Å². The van der Waals surface area contributed by atoms with Gasteiger partial charge in [0.05, 0.1) is 11.7 Å². The molecule has 3 aromatic rings. The molecule has 1 atom stereocenters. The van der Waals surface area contributed by atoms with E-state index in [9.17, 15) is 14.4 Å². The normalized spacial score (nSPS) is 12.3. The van der Waals surface area contributed by atoms with Gasteiger partial charge in [0.15, 0.2) is 11.2 Å². The van der Waals surface area contributed by atoms with E-state index < -0.39 is 11.2 Å². The summed E-state index contributed by atoms with van der Waals surface area (Å²) >= 11 is 6.29. The van der Waals surface area contributed by atoms with Crippen LogP contribution < -0.4 is 16.6 Å². The zero-order chi connectivity index (χ0) is 18.8. The first-order valence-electron chi connectivity index (χ1n) is 7.96. The number of nitrogens with zero attached hydrogens (tertiary/aromatic N) is 4. The molecule has 0 aliphatic heterocycles. The Labute approximate surface area is 153 Å². The summed E-state index contributed by atoms with van der Waals surface area (Å²) in [6.07, 6.45) is 1.38. The van der Waals surface area contributed by atoms with E-state index >= 15 is 0 Å². The van der Waals surface area contributed by atoms with Crippen LogP contribution in [0, 0.1) is 0 Å². The van der Waals surface area contributed by atoms with Crippen molar-refractivity contribution in [3.05, 3.63) is 63.1 Å². The fourth-order valence-corrected chi connectivity index (χ4v) is 2.93. The Morgan fingerprint density at radius 2 is 1.88 bits per heavy atom. The molecule has 3 rings (SSSR count). The van der Waals surface area contributed by atoms with E-state index in [0.29, 0.717) is 0 Å². The Kier molecular flexibility index (Phi) is 4.94. The number of aromatic nitrogens is 4. The summed E-state index contributed by atoms with van der Waals surface area (Å²) in [6, 6.07) is 9.42. The molecule has 0 bridgehead atoms. The van der Waals surface area contributed by atoms with E-state index in [1.807, 2.05) is 30.3 Å². The van der Waals surface area contributed by atoms with Crippen LogP contribution >= 0.6 is 11.6 Å². The van der Waals surface area contributed by atoms with Gasteiger partial charge in [0.2, 0.25) is 5.91 Å². The highest BCUT2D eigenvalue weighted by Crippen LogP contribution is 2.18. The lowest BCUT2D eigenvalue weighted by Crippen LogP contribution is -2.38. The fraction of sp³-hybridized carbons (Fsp3) is 0.294. The molecular formula is C17H18ClN5O3. The van der Waals surface area contributed by atoms with E-state index in [0.717, 1.165) is 10.1 Å². The van der Waals surface area contributed by atoms with E-state index in [1.54, 1.807) is 0 Å². The number of rotatable bonds is 5. The summed E-state index contributed by atoms with van der Waals surface area (Å²) in [5, 5.41) is 2.39. The Bertz CT molecular complexity index is 1070. The van der Waals surface area contributed by atoms with E-state index in [1.165, 1.54) is 29.6 Å². The van der Waals surface area contributed by atoms with E-state index in [4.69, 9.17) is 11.6 Å². The van der Waals surface area contributed by atoms with Crippen molar-refractivity contribution in [1.29, 1.82) is 0 Å². The van der Waals surface area contributed by atoms with Crippen molar-refractivity contribution in [3.63, 3.8) is 0 Å². The van der Waals surface area contributed by atoms with E-state index in [-0.39, 0.29) is 35.5 Å². The molecule has 0 aliphatic rings. The maximum atomic E-state index is 12.4. The van der Waals surface area contributed by atoms with Crippen molar-refractivity contribution in [1.82, 2.24) is 24.0 Å². The summed E-state index contributed by atoms with van der Waals surface area (Å²) in [5.41, 5.74) is 0.394. The van der Waals surface area contributed by atoms with Gasteiger partial charge in [-0.1, -0.05) is 30.3 Å². The Morgan fingerprint density at radius 1 is 1.19 bits per heavy atom. The summed E-state index contributed by atoms with van der Waals surface area (Å²) < 4.78 is 3.69. The van der Waals surface area contributed by atoms with E-state index in [2.05, 4.69) is 10.3 Å². The number of amides is 1. The number of carbonyl (C=O) groups is 1. The number of hydrogen-bond acceptors (Lipinski definition) is 4. The molecule has 0 saturated heterocycles. The summed E-state index contributed by atoms with van der Waals surface area (Å²) in [4.78, 5) is 40.6. The molecule has 0 saturated carbocycles. The van der Waals surface area contributed by atoms with Crippen LogP contribution in [0.4, 0.5) is 0 Å². The zero-order valence-electron chi connectivity index (χ0n) is 14.3. The minimum Gasteiger partial charge on any atom is -0.353 e. The van der Waals surface area contributed by atoms with Crippen LogP contribution in [-0.2, 0) is 25.4 Å². The van der Waals surface area contributed by atoms with Gasteiger partial charge in [0.25, 0.3) is 5.56 Å². The lowest BCUT2D eigenvalue weighted by molar-refractivity contribution is -0.121. The molecular weight excluding hydrogens is 358 g/mol. The number of imidazole rings is 1. The van der Waals surface area contributed by atoms with Gasteiger partial charge < -0.3 is 9.88 Å². The number of nitrogens with one attached hydrogen (secondary N) is 1. The Balaban J connectivity index is 1.76. The lowest BCUT2D eigenvalue weighted by atomic mass is 10.1. The highest BCUT2D eigenvalue weighted by atomic mass is 35.5. The Morgan fingerprint density at radius 3 is 2.58 bits per heavy atom. The quantitative estimate of drug-likeness (QED) is 0.658. The lowest BCUT2D eigenvalue weighted by Gasteiger charge is -2.12. The van der Waals surface area contributed by atoms with Crippen LogP contribution in [0.1, 0.15) is 10.9 Å². The minimum absolute atomic E-state index is 0.0949. The van der Waals surface area contributed by atoms with Crippen molar-refractivity contribution in [2.24, 2.45) is 14.1 Å². The van der Waals surface area contributed by atoms with Crippen LogP contribution in [0.15, 0.2) is 46.2 Å². The largest absolute Gasteiger partial charge is 0.353 e. The molecule has 9 heteroatoms. The van der Waals surface area contributed by atoms with Crippen molar-refractivity contribution in [2.45, 2.75) is 11.9 Å². The van der Waals surface area contributed by atoms with Crippen LogP contribution in [-0.4, -0.2) is 31.1 Å². The molecule has 0 spiro atoms. The van der Waals surface area contributed by atoms with Crippen LogP contribution in [0.2, 0.25) is 0 Å². The molecule has 8 nitrogen and oxygen atoms in total. The number of alkyl halides is 1. The van der Waals surface area contributed by atoms with Gasteiger partial charge in [-0.3, -0.25) is 18.7 Å². The number of carbonyl (C=O) groups excluding carboxylic acids is 1. The van der Waals surface area contributed by atoms with Gasteiger partial charge in [0, 0.05) is 20.6 Å². The average molecular weight is 376 g/mol. The predicted molar refractivity (Wildman–Crippen MR) is 98.3 cm³/mol. The molecule has 26 heavy (non-hydrogen) atoms. The van der Waals surface area contributed by atoms with Crippen molar-refractivity contribution < 1.29 is 4.79 Å². The summed E-state index contributed by atoms with van der Waals surface area (Å²) in [7, 11) is 2.92. The summed E-state index contributed by atoms with van der Waals surface area (Å²) in [6.45, 7) is 0.163. The molecule has 1 N–H and O–H groups in total. The first-order valence-corrected chi connectivity index (χ1v) is 8.40. The summed E-state index contributed by atoms with van der Waals surface area (Å²) in [5.74, 6) is -0.304. The second-order valence-electron chi connectivity index (χ2n) is 5.93. The van der Waals surface area contributed by atoms with Crippen molar-refractivity contribution in [3.8, 4) is 0 Å². The molecule has 136 valence electrons. The molecule has 2 aromatic heterocycles. The second-order valence-corrected chi connectivity index (χ2v) is 6.46. The molecule has 2 heterocycles. The van der Waals surface area contributed by atoms with Crippen LogP contribution in [0.3, 0.4) is 0 Å². The monoisotopic (exact) mass is 375 g/mol. The van der Waals surface area contributed by atoms with Crippen molar-refractivity contribution in [2.75, 3.05) is 6.54 Å². The first kappa shape index (κ1) is 17.9. The number of benzene rings is 1. The molecule has 0 aliphatic carbocycles. The average Bonchev–Trinajstić information content (AvgIpc) is 3.07. The number of halogens is 1. The fourth-order valence-electron chi connectivity index (χ4n) is 2.71. The van der Waals surface area contributed by atoms with Gasteiger partial charge >= 0.3 is 5.69 Å². The molecule has 0 radical (unpaired) electrons. The predicted octanol–water partition coefficient (Wildman–Crippen LogP) is 0.530. The zero-order valence-corrected chi connectivity index (χ0v) is 15.1. The van der Waals surface area contributed by atoms with Crippen LogP contribution in [0.25, 0.3) is 11.2 Å². The topological polar surface area (TPSA) is 90.9 Å². The smallest absolute Gasteiger partial charge is 0.332 e. The maximum Gasteiger partial charge on any atom is 0.332 e. The third kappa shape index (κ3) is 3.28. The van der Waals surface area contributed by atoms with Gasteiger partial charge in [-0.2, -0.15) is 0 Å². The van der Waals surface area contributed by atoms with Gasteiger partial charge in [-0.25, -0.2) is 9.78 Å². The third-order valence-corrected chi connectivity index (χ3v) is 4.58. The standard InChI is InChI=1S/C17H18ClN5O3/c1-21-15-14(16(25)22(2)17(21)26)23(10-20-15)9-13(24)19-8-12(18)11-6-4-3-5-7-11/h3-7,10,12H,8-9H2,1-2H3,(H,19,24). The second kappa shape index (κ2) is 7.17. The third-order valence-electron chi connectivity index (χ3n) is 4.17. The van der Waals surface area contributed by atoms with Crippen LogP contribution in [0.5, 0.6) is 0 Å². The maximum absolute atomic E-state index is 12.4. The number of aryl methyl sites for hydroxylation is 1. The highest BCUT2D eigenvalue weighted by Gasteiger charge is 2.16. The SMILES string of the molecule is Cn1c(=O)c2c(ncn2CC(=O)NCC(Cl)c2ccccc2)n(C)c1=O. The molecule has 1 amide bonds. The van der Waals surface area contributed by atoms with Gasteiger partial charge in [0.1, 0.15) is 6.54 Å². The molecule has 1 unspecified atom stereocenters. The van der Waals surface area contributed by atoms with Gasteiger partial charge in [-0.05, 0) is 5.56 Å².